The topological polar surface area (TPSA) is 78.0 Å². The average Bonchev–Trinajstić information content (AvgIpc) is 2.52. The summed E-state index contributed by atoms with van der Waals surface area (Å²) >= 11 is 0. The third-order valence-corrected chi connectivity index (χ3v) is 4.24. The first kappa shape index (κ1) is 9.51. The molecular formula is C8H13N3O2S. The second-order valence-electron chi connectivity index (χ2n) is 3.64. The minimum absolute atomic E-state index is 0.191. The lowest BCUT2D eigenvalue weighted by Crippen LogP contribution is -2.25. The molecule has 2 rings (SSSR count). The maximum atomic E-state index is 11.2. The Labute approximate surface area is 82.8 Å². The third kappa shape index (κ3) is 1.89. The predicted molar refractivity (Wildman–Crippen MR) is 53.6 cm³/mol. The third-order valence-electron chi connectivity index (χ3n) is 2.52. The Morgan fingerprint density at radius 1 is 1.43 bits per heavy atom. The standard InChI is InChI=1S/C8H13N3O2S/c9-7-5-10-11(6-7)8-1-3-14(12,13)4-2-8/h5-6,8H,1-4,9H2. The fourth-order valence-corrected chi connectivity index (χ4v) is 3.16. The minimum atomic E-state index is -2.79. The molecule has 1 aliphatic heterocycles. The van der Waals surface area contributed by atoms with Gasteiger partial charge in [-0.3, -0.25) is 4.68 Å². The summed E-state index contributed by atoms with van der Waals surface area (Å²) in [6.45, 7) is 0. The van der Waals surface area contributed by atoms with Crippen molar-refractivity contribution in [3.05, 3.63) is 12.4 Å². The molecule has 0 unspecified atom stereocenters. The van der Waals surface area contributed by atoms with Crippen molar-refractivity contribution in [3.8, 4) is 0 Å². The highest BCUT2D eigenvalue weighted by Crippen LogP contribution is 2.23. The molecule has 6 heteroatoms. The summed E-state index contributed by atoms with van der Waals surface area (Å²) in [7, 11) is -2.79. The Kier molecular flexibility index (Phi) is 2.22. The van der Waals surface area contributed by atoms with E-state index in [4.69, 9.17) is 5.73 Å². The van der Waals surface area contributed by atoms with E-state index in [0.717, 1.165) is 0 Å². The molecule has 0 radical (unpaired) electrons. The van der Waals surface area contributed by atoms with E-state index in [9.17, 15) is 8.42 Å². The van der Waals surface area contributed by atoms with E-state index in [1.54, 1.807) is 17.1 Å². The largest absolute Gasteiger partial charge is 0.396 e. The lowest BCUT2D eigenvalue weighted by atomic mass is 10.2. The Morgan fingerprint density at radius 3 is 2.57 bits per heavy atom. The van der Waals surface area contributed by atoms with Crippen LogP contribution < -0.4 is 5.73 Å². The van der Waals surface area contributed by atoms with Crippen LogP contribution in [0.25, 0.3) is 0 Å². The van der Waals surface area contributed by atoms with Crippen molar-refractivity contribution in [2.24, 2.45) is 0 Å². The average molecular weight is 215 g/mol. The second kappa shape index (κ2) is 3.27. The quantitative estimate of drug-likeness (QED) is 0.726. The summed E-state index contributed by atoms with van der Waals surface area (Å²) in [4.78, 5) is 0. The molecule has 0 aliphatic carbocycles. The van der Waals surface area contributed by atoms with Gasteiger partial charge in [0.1, 0.15) is 9.84 Å². The van der Waals surface area contributed by atoms with Crippen LogP contribution in [0, 0.1) is 0 Å². The van der Waals surface area contributed by atoms with Crippen LogP contribution in [0.1, 0.15) is 18.9 Å². The van der Waals surface area contributed by atoms with E-state index in [0.29, 0.717) is 18.5 Å². The van der Waals surface area contributed by atoms with E-state index in [1.807, 2.05) is 0 Å². The summed E-state index contributed by atoms with van der Waals surface area (Å²) in [5.41, 5.74) is 6.16. The van der Waals surface area contributed by atoms with Crippen LogP contribution in [0.3, 0.4) is 0 Å². The van der Waals surface area contributed by atoms with Gasteiger partial charge >= 0.3 is 0 Å². The van der Waals surface area contributed by atoms with E-state index >= 15 is 0 Å². The number of rotatable bonds is 1. The molecule has 0 aromatic carbocycles. The first-order valence-corrected chi connectivity index (χ1v) is 6.39. The highest BCUT2D eigenvalue weighted by molar-refractivity contribution is 7.91. The van der Waals surface area contributed by atoms with Crippen LogP contribution in [-0.2, 0) is 9.84 Å². The van der Waals surface area contributed by atoms with Crippen molar-refractivity contribution in [1.82, 2.24) is 9.78 Å². The van der Waals surface area contributed by atoms with Gasteiger partial charge in [0.2, 0.25) is 0 Å². The number of hydrogen-bond donors (Lipinski definition) is 1. The Bertz CT molecular complexity index is 410. The molecule has 0 spiro atoms. The van der Waals surface area contributed by atoms with E-state index in [-0.39, 0.29) is 17.5 Å². The molecule has 2 N–H and O–H groups in total. The van der Waals surface area contributed by atoms with E-state index in [2.05, 4.69) is 5.10 Å². The Morgan fingerprint density at radius 2 is 2.07 bits per heavy atom. The second-order valence-corrected chi connectivity index (χ2v) is 5.94. The molecule has 1 saturated heterocycles. The highest BCUT2D eigenvalue weighted by atomic mass is 32.2. The summed E-state index contributed by atoms with van der Waals surface area (Å²) in [5.74, 6) is 0.523. The number of anilines is 1. The molecule has 1 aliphatic rings. The van der Waals surface area contributed by atoms with Gasteiger partial charge in [-0.1, -0.05) is 0 Å². The number of nitrogen functional groups attached to an aromatic ring is 1. The molecule has 0 bridgehead atoms. The zero-order chi connectivity index (χ0) is 10.2. The number of nitrogens with zero attached hydrogens (tertiary/aromatic N) is 2. The zero-order valence-electron chi connectivity index (χ0n) is 7.76. The van der Waals surface area contributed by atoms with Crippen LogP contribution in [0.5, 0.6) is 0 Å². The molecule has 2 heterocycles. The highest BCUT2D eigenvalue weighted by Gasteiger charge is 2.24. The van der Waals surface area contributed by atoms with Crippen LogP contribution >= 0.6 is 0 Å². The monoisotopic (exact) mass is 215 g/mol. The Balaban J connectivity index is 2.09. The van der Waals surface area contributed by atoms with Crippen molar-refractivity contribution in [2.45, 2.75) is 18.9 Å². The normalized spacial score (nSPS) is 22.3. The molecule has 1 aromatic rings. The smallest absolute Gasteiger partial charge is 0.150 e. The lowest BCUT2D eigenvalue weighted by molar-refractivity contribution is 0.413. The van der Waals surface area contributed by atoms with Gasteiger partial charge in [0.25, 0.3) is 0 Å². The van der Waals surface area contributed by atoms with Gasteiger partial charge < -0.3 is 5.73 Å². The fraction of sp³-hybridized carbons (Fsp3) is 0.625. The van der Waals surface area contributed by atoms with Gasteiger partial charge in [0, 0.05) is 6.20 Å². The number of sulfone groups is 1. The van der Waals surface area contributed by atoms with E-state index < -0.39 is 9.84 Å². The summed E-state index contributed by atoms with van der Waals surface area (Å²) in [6, 6.07) is 0.191. The van der Waals surface area contributed by atoms with Gasteiger partial charge in [-0.2, -0.15) is 5.10 Å². The van der Waals surface area contributed by atoms with Gasteiger partial charge in [0.05, 0.1) is 29.4 Å². The van der Waals surface area contributed by atoms with Crippen molar-refractivity contribution in [1.29, 1.82) is 0 Å². The van der Waals surface area contributed by atoms with Gasteiger partial charge in [0.15, 0.2) is 0 Å². The van der Waals surface area contributed by atoms with Crippen molar-refractivity contribution in [2.75, 3.05) is 17.2 Å². The fourth-order valence-electron chi connectivity index (χ4n) is 1.69. The van der Waals surface area contributed by atoms with E-state index in [1.165, 1.54) is 0 Å². The molecule has 0 saturated carbocycles. The zero-order valence-corrected chi connectivity index (χ0v) is 8.57. The van der Waals surface area contributed by atoms with Crippen molar-refractivity contribution >= 4 is 15.5 Å². The summed E-state index contributed by atoms with van der Waals surface area (Å²) in [6.07, 6.45) is 4.62. The molecule has 14 heavy (non-hydrogen) atoms. The van der Waals surface area contributed by atoms with Crippen LogP contribution in [-0.4, -0.2) is 29.7 Å². The number of hydrogen-bond acceptors (Lipinski definition) is 4. The molecule has 1 aromatic heterocycles. The molecular weight excluding hydrogens is 202 g/mol. The minimum Gasteiger partial charge on any atom is -0.396 e. The number of aromatic nitrogens is 2. The molecule has 78 valence electrons. The van der Waals surface area contributed by atoms with Gasteiger partial charge in [-0.05, 0) is 12.8 Å². The molecule has 5 nitrogen and oxygen atoms in total. The Hall–Kier alpha value is -1.04. The van der Waals surface area contributed by atoms with Crippen LogP contribution in [0.2, 0.25) is 0 Å². The maximum Gasteiger partial charge on any atom is 0.150 e. The maximum absolute atomic E-state index is 11.2. The predicted octanol–water partition coefficient (Wildman–Crippen LogP) is 0.215. The first-order chi connectivity index (χ1) is 6.57. The summed E-state index contributed by atoms with van der Waals surface area (Å²) < 4.78 is 24.1. The lowest BCUT2D eigenvalue weighted by Gasteiger charge is -2.21. The van der Waals surface area contributed by atoms with Gasteiger partial charge in [-0.25, -0.2) is 8.42 Å². The first-order valence-electron chi connectivity index (χ1n) is 4.57. The van der Waals surface area contributed by atoms with Crippen molar-refractivity contribution in [3.63, 3.8) is 0 Å². The van der Waals surface area contributed by atoms with Crippen molar-refractivity contribution < 1.29 is 8.42 Å². The summed E-state index contributed by atoms with van der Waals surface area (Å²) in [5, 5.41) is 4.08. The van der Waals surface area contributed by atoms with Crippen LogP contribution in [0.4, 0.5) is 5.69 Å². The molecule has 0 atom stereocenters. The van der Waals surface area contributed by atoms with Crippen LogP contribution in [0.15, 0.2) is 12.4 Å². The van der Waals surface area contributed by atoms with Gasteiger partial charge in [-0.15, -0.1) is 0 Å². The number of nitrogens with two attached hydrogens (primary N) is 1. The molecule has 0 amide bonds. The SMILES string of the molecule is Nc1cnn(C2CCS(=O)(=O)CC2)c1. The molecule has 1 fully saturated rings.